The highest BCUT2D eigenvalue weighted by atomic mass is 19.1. The number of piperazine rings is 1. The van der Waals surface area contributed by atoms with Gasteiger partial charge in [0, 0.05) is 44.1 Å². The molecule has 0 unspecified atom stereocenters. The van der Waals surface area contributed by atoms with Gasteiger partial charge in [0.05, 0.1) is 23.5 Å². The van der Waals surface area contributed by atoms with Gasteiger partial charge in [-0.05, 0) is 79.9 Å². The van der Waals surface area contributed by atoms with E-state index in [0.717, 1.165) is 87.5 Å². The molecule has 6 rings (SSSR count). The van der Waals surface area contributed by atoms with E-state index in [0.29, 0.717) is 6.54 Å². The first-order valence-electron chi connectivity index (χ1n) is 14.7. The number of hydrogen-bond acceptors (Lipinski definition) is 4. The number of likely N-dealkylation sites (tertiary alicyclic amines) is 1. The number of carbonyl (C=O) groups is 1. The summed E-state index contributed by atoms with van der Waals surface area (Å²) in [6.07, 6.45) is 4.21. The largest absolute Gasteiger partial charge is 0.368 e. The molecule has 3 heterocycles. The number of para-hydroxylation sites is 2. The van der Waals surface area contributed by atoms with Crippen molar-refractivity contribution < 1.29 is 9.18 Å². The second-order valence-electron chi connectivity index (χ2n) is 11.1. The lowest BCUT2D eigenvalue weighted by Gasteiger charge is -2.39. The zero-order chi connectivity index (χ0) is 27.5. The summed E-state index contributed by atoms with van der Waals surface area (Å²) in [4.78, 5) is 25.4. The fourth-order valence-corrected chi connectivity index (χ4v) is 6.27. The molecule has 0 aliphatic carbocycles. The summed E-state index contributed by atoms with van der Waals surface area (Å²) in [5.74, 6) is 0.962. The van der Waals surface area contributed by atoms with Crippen molar-refractivity contribution in [3.8, 4) is 5.69 Å². The Kier molecular flexibility index (Phi) is 7.82. The normalized spacial score (nSPS) is 18.4. The molecule has 2 saturated heterocycles. The van der Waals surface area contributed by atoms with Gasteiger partial charge in [0.2, 0.25) is 5.91 Å². The number of rotatable bonds is 7. The van der Waals surface area contributed by atoms with Crippen LogP contribution in [0.5, 0.6) is 0 Å². The van der Waals surface area contributed by atoms with Crippen LogP contribution in [0.4, 0.5) is 10.1 Å². The predicted octanol–water partition coefficient (Wildman–Crippen LogP) is 5.68. The number of carbonyl (C=O) groups excluding carboxylic acids is 1. The van der Waals surface area contributed by atoms with E-state index in [1.165, 1.54) is 23.4 Å². The predicted molar refractivity (Wildman–Crippen MR) is 158 cm³/mol. The number of fused-ring (bicyclic) bond motifs is 1. The van der Waals surface area contributed by atoms with Gasteiger partial charge in [0.15, 0.2) is 0 Å². The molecule has 1 aromatic heterocycles. The second-order valence-corrected chi connectivity index (χ2v) is 11.1. The van der Waals surface area contributed by atoms with Crippen LogP contribution < -0.4 is 4.90 Å². The highest BCUT2D eigenvalue weighted by molar-refractivity contribution is 5.80. The van der Waals surface area contributed by atoms with Crippen LogP contribution in [-0.4, -0.2) is 64.5 Å². The SMILES string of the molecule is CCCc1ccc(N2CCN(C(=O)[C@H]3CCCN(Cc4nc5ccccc5n4-c4ccc(F)cc4)C3)CC2)cc1. The van der Waals surface area contributed by atoms with Gasteiger partial charge in [-0.1, -0.05) is 37.6 Å². The number of benzene rings is 3. The fourth-order valence-electron chi connectivity index (χ4n) is 6.27. The van der Waals surface area contributed by atoms with Gasteiger partial charge in [-0.2, -0.15) is 0 Å². The molecule has 1 amide bonds. The van der Waals surface area contributed by atoms with E-state index >= 15 is 0 Å². The molecule has 0 N–H and O–H groups in total. The van der Waals surface area contributed by atoms with Crippen LogP contribution in [-0.2, 0) is 17.8 Å². The Morgan fingerprint density at radius 3 is 2.38 bits per heavy atom. The molecular formula is C33H38FN5O. The first-order chi connectivity index (χ1) is 19.6. The van der Waals surface area contributed by atoms with Crippen molar-refractivity contribution in [2.75, 3.05) is 44.2 Å². The number of piperidine rings is 1. The Hall–Kier alpha value is -3.71. The van der Waals surface area contributed by atoms with E-state index in [1.807, 2.05) is 18.2 Å². The lowest BCUT2D eigenvalue weighted by Crippen LogP contribution is -2.52. The molecule has 2 aliphatic rings. The van der Waals surface area contributed by atoms with Crippen molar-refractivity contribution in [1.82, 2.24) is 19.4 Å². The summed E-state index contributed by atoms with van der Waals surface area (Å²) in [6, 6.07) is 23.6. The highest BCUT2D eigenvalue weighted by Crippen LogP contribution is 2.26. The van der Waals surface area contributed by atoms with E-state index in [1.54, 1.807) is 12.1 Å². The number of anilines is 1. The van der Waals surface area contributed by atoms with E-state index < -0.39 is 0 Å². The van der Waals surface area contributed by atoms with Gasteiger partial charge < -0.3 is 9.80 Å². The lowest BCUT2D eigenvalue weighted by molar-refractivity contribution is -0.137. The van der Waals surface area contributed by atoms with Crippen LogP contribution in [0.3, 0.4) is 0 Å². The molecule has 0 spiro atoms. The summed E-state index contributed by atoms with van der Waals surface area (Å²) in [5.41, 5.74) is 5.46. The van der Waals surface area contributed by atoms with Crippen LogP contribution in [0.15, 0.2) is 72.8 Å². The molecule has 7 heteroatoms. The summed E-state index contributed by atoms with van der Waals surface area (Å²) in [7, 11) is 0. The number of amides is 1. The molecule has 6 nitrogen and oxygen atoms in total. The van der Waals surface area contributed by atoms with Crippen molar-refractivity contribution in [1.29, 1.82) is 0 Å². The van der Waals surface area contributed by atoms with Crippen molar-refractivity contribution in [2.45, 2.75) is 39.2 Å². The van der Waals surface area contributed by atoms with Crippen LogP contribution in [0.25, 0.3) is 16.7 Å². The maximum absolute atomic E-state index is 13.7. The molecule has 1 atom stereocenters. The number of hydrogen-bond donors (Lipinski definition) is 0. The van der Waals surface area contributed by atoms with E-state index in [4.69, 9.17) is 4.98 Å². The van der Waals surface area contributed by atoms with Crippen LogP contribution >= 0.6 is 0 Å². The zero-order valence-corrected chi connectivity index (χ0v) is 23.3. The Labute approximate surface area is 236 Å². The Balaban J connectivity index is 1.11. The van der Waals surface area contributed by atoms with E-state index in [-0.39, 0.29) is 17.6 Å². The average Bonchev–Trinajstić information content (AvgIpc) is 3.36. The monoisotopic (exact) mass is 539 g/mol. The van der Waals surface area contributed by atoms with Crippen molar-refractivity contribution in [2.24, 2.45) is 5.92 Å². The Morgan fingerprint density at radius 1 is 0.900 bits per heavy atom. The minimum absolute atomic E-state index is 0.0114. The average molecular weight is 540 g/mol. The number of aromatic nitrogens is 2. The van der Waals surface area contributed by atoms with Crippen LogP contribution in [0.2, 0.25) is 0 Å². The minimum Gasteiger partial charge on any atom is -0.368 e. The molecule has 3 aromatic carbocycles. The molecular weight excluding hydrogens is 501 g/mol. The van der Waals surface area contributed by atoms with Gasteiger partial charge in [-0.15, -0.1) is 0 Å². The van der Waals surface area contributed by atoms with Crippen LogP contribution in [0, 0.1) is 11.7 Å². The standard InChI is InChI=1S/C33H38FN5O/c1-2-6-25-10-14-28(15-11-25)37-19-21-38(22-20-37)33(40)26-7-5-18-36(23-26)24-32-35-30-8-3-4-9-31(30)39(32)29-16-12-27(34)13-17-29/h3-4,8-17,26H,2,5-7,18-24H2,1H3/t26-/m0/s1. The molecule has 0 saturated carbocycles. The summed E-state index contributed by atoms with van der Waals surface area (Å²) in [6.45, 7) is 7.83. The number of halogens is 1. The maximum Gasteiger partial charge on any atom is 0.227 e. The Morgan fingerprint density at radius 2 is 1.62 bits per heavy atom. The Bertz CT molecular complexity index is 1440. The summed E-state index contributed by atoms with van der Waals surface area (Å²) in [5, 5.41) is 0. The molecule has 2 fully saturated rings. The lowest BCUT2D eigenvalue weighted by atomic mass is 9.96. The van der Waals surface area contributed by atoms with Crippen LogP contribution in [0.1, 0.15) is 37.6 Å². The number of aryl methyl sites for hydroxylation is 1. The molecule has 0 radical (unpaired) electrons. The van der Waals surface area contributed by atoms with E-state index in [9.17, 15) is 9.18 Å². The topological polar surface area (TPSA) is 44.6 Å². The van der Waals surface area contributed by atoms with Crippen molar-refractivity contribution >= 4 is 22.6 Å². The molecule has 2 aliphatic heterocycles. The third kappa shape index (κ3) is 5.61. The minimum atomic E-state index is -0.252. The third-order valence-corrected chi connectivity index (χ3v) is 8.37. The molecule has 4 aromatic rings. The zero-order valence-electron chi connectivity index (χ0n) is 23.3. The first-order valence-corrected chi connectivity index (χ1v) is 14.7. The smallest absolute Gasteiger partial charge is 0.227 e. The van der Waals surface area contributed by atoms with E-state index in [2.05, 4.69) is 56.5 Å². The maximum atomic E-state index is 13.7. The summed E-state index contributed by atoms with van der Waals surface area (Å²) < 4.78 is 15.8. The summed E-state index contributed by atoms with van der Waals surface area (Å²) >= 11 is 0. The first kappa shape index (κ1) is 26.5. The molecule has 40 heavy (non-hydrogen) atoms. The second kappa shape index (κ2) is 11.8. The van der Waals surface area contributed by atoms with Crippen molar-refractivity contribution in [3.05, 3.63) is 90.0 Å². The van der Waals surface area contributed by atoms with Gasteiger partial charge >= 0.3 is 0 Å². The third-order valence-electron chi connectivity index (χ3n) is 8.37. The van der Waals surface area contributed by atoms with Gasteiger partial charge in [-0.25, -0.2) is 9.37 Å². The number of imidazole rings is 1. The highest BCUT2D eigenvalue weighted by Gasteiger charge is 2.31. The van der Waals surface area contributed by atoms with Gasteiger partial charge in [0.1, 0.15) is 11.6 Å². The van der Waals surface area contributed by atoms with Gasteiger partial charge in [-0.3, -0.25) is 14.3 Å². The van der Waals surface area contributed by atoms with Crippen molar-refractivity contribution in [3.63, 3.8) is 0 Å². The number of nitrogens with zero attached hydrogens (tertiary/aromatic N) is 5. The quantitative estimate of drug-likeness (QED) is 0.303. The fraction of sp³-hybridized carbons (Fsp3) is 0.394. The molecule has 208 valence electrons. The molecule has 0 bridgehead atoms. The van der Waals surface area contributed by atoms with Gasteiger partial charge in [0.25, 0.3) is 0 Å².